The molecule has 0 aromatic rings. The average Bonchev–Trinajstić information content (AvgIpc) is 2.11. The Bertz CT molecular complexity index is 208. The number of hydrogen-bond donors (Lipinski definition) is 0. The van der Waals surface area contributed by atoms with Crippen LogP contribution in [0.2, 0.25) is 0 Å². The second-order valence-electron chi connectivity index (χ2n) is 3.59. The van der Waals surface area contributed by atoms with Crippen LogP contribution in [0.5, 0.6) is 0 Å². The summed E-state index contributed by atoms with van der Waals surface area (Å²) in [5, 5.41) is 8.71. The number of nitrogens with zero attached hydrogens (tertiary/aromatic N) is 1. The minimum atomic E-state index is -0.844. The highest BCUT2D eigenvalue weighted by Gasteiger charge is 2.17. The zero-order valence-electron chi connectivity index (χ0n) is 8.50. The van der Waals surface area contributed by atoms with Crippen molar-refractivity contribution in [3.8, 4) is 6.07 Å². The van der Waals surface area contributed by atoms with E-state index in [1.54, 1.807) is 7.11 Å². The molecule has 4 heteroatoms. The quantitative estimate of drug-likeness (QED) is 0.654. The van der Waals surface area contributed by atoms with E-state index in [1.165, 1.54) is 0 Å². The van der Waals surface area contributed by atoms with Gasteiger partial charge in [-0.2, -0.15) is 5.26 Å². The minimum Gasteiger partial charge on any atom is -0.384 e. The Morgan fingerprint density at radius 1 is 1.46 bits per heavy atom. The zero-order chi connectivity index (χ0) is 10.3. The van der Waals surface area contributed by atoms with Crippen molar-refractivity contribution in [1.82, 2.24) is 0 Å². The van der Waals surface area contributed by atoms with Crippen LogP contribution in [0.25, 0.3) is 0 Å². The molecule has 1 atom stereocenters. The van der Waals surface area contributed by atoms with Gasteiger partial charge in [-0.25, -0.2) is 0 Å². The molecule has 0 bridgehead atoms. The van der Waals surface area contributed by atoms with Gasteiger partial charge in [-0.3, -0.25) is 4.21 Å². The van der Waals surface area contributed by atoms with Gasteiger partial charge < -0.3 is 4.74 Å². The lowest BCUT2D eigenvalue weighted by Crippen LogP contribution is -2.15. The summed E-state index contributed by atoms with van der Waals surface area (Å²) >= 11 is 0. The molecule has 1 unspecified atom stereocenters. The summed E-state index contributed by atoms with van der Waals surface area (Å²) in [6.07, 6.45) is 0.680. The largest absolute Gasteiger partial charge is 0.384 e. The molecule has 0 aliphatic carbocycles. The van der Waals surface area contributed by atoms with Crippen LogP contribution < -0.4 is 0 Å². The van der Waals surface area contributed by atoms with E-state index < -0.39 is 10.8 Å². The maximum absolute atomic E-state index is 11.3. The molecule has 0 aliphatic heterocycles. The first kappa shape index (κ1) is 12.6. The highest BCUT2D eigenvalue weighted by atomic mass is 32.2. The molecule has 0 aromatic carbocycles. The van der Waals surface area contributed by atoms with Gasteiger partial charge in [0.25, 0.3) is 0 Å². The van der Waals surface area contributed by atoms with Crippen LogP contribution >= 0.6 is 0 Å². The van der Waals surface area contributed by atoms with Crippen LogP contribution in [0.15, 0.2) is 0 Å². The Morgan fingerprint density at radius 2 is 2.08 bits per heavy atom. The van der Waals surface area contributed by atoms with Gasteiger partial charge >= 0.3 is 0 Å². The number of rotatable bonds is 6. The summed E-state index contributed by atoms with van der Waals surface area (Å²) in [6, 6.07) is 2.19. The molecule has 0 radical (unpaired) electrons. The summed E-state index contributed by atoms with van der Waals surface area (Å²) in [4.78, 5) is 0. The first-order valence-corrected chi connectivity index (χ1v) is 5.76. The predicted molar refractivity (Wildman–Crippen MR) is 53.8 cm³/mol. The van der Waals surface area contributed by atoms with Crippen molar-refractivity contribution < 1.29 is 8.95 Å². The van der Waals surface area contributed by atoms with Crippen molar-refractivity contribution in [1.29, 1.82) is 5.26 Å². The number of methoxy groups -OCH3 is 1. The molecule has 0 fully saturated rings. The Labute approximate surface area is 82.5 Å². The fraction of sp³-hybridized carbons (Fsp3) is 0.889. The fourth-order valence-electron chi connectivity index (χ4n) is 0.703. The predicted octanol–water partition coefficient (Wildman–Crippen LogP) is 1.32. The Kier molecular flexibility index (Phi) is 5.93. The molecule has 3 nitrogen and oxygen atoms in total. The Hall–Kier alpha value is -0.400. The lowest BCUT2D eigenvalue weighted by molar-refractivity contribution is 0.218. The highest BCUT2D eigenvalue weighted by Crippen LogP contribution is 2.18. The van der Waals surface area contributed by atoms with Gasteiger partial charge in [0.15, 0.2) is 0 Å². The van der Waals surface area contributed by atoms with E-state index in [2.05, 4.69) is 6.07 Å². The lowest BCUT2D eigenvalue weighted by Gasteiger charge is -2.13. The van der Waals surface area contributed by atoms with Crippen molar-refractivity contribution in [3.63, 3.8) is 0 Å². The van der Waals surface area contributed by atoms with Crippen molar-refractivity contribution in [2.75, 3.05) is 25.2 Å². The van der Waals surface area contributed by atoms with Crippen LogP contribution in [0.1, 0.15) is 20.3 Å². The van der Waals surface area contributed by atoms with Gasteiger partial charge in [0.05, 0.1) is 18.1 Å². The summed E-state index contributed by atoms with van der Waals surface area (Å²) in [5.41, 5.74) is -0.358. The van der Waals surface area contributed by atoms with Crippen LogP contribution in [-0.4, -0.2) is 29.4 Å². The van der Waals surface area contributed by atoms with Crippen LogP contribution in [0.3, 0.4) is 0 Å². The Morgan fingerprint density at radius 3 is 2.54 bits per heavy atom. The summed E-state index contributed by atoms with van der Waals surface area (Å²) in [7, 11) is 0.750. The topological polar surface area (TPSA) is 50.1 Å². The smallest absolute Gasteiger partial charge is 0.0684 e. The molecule has 0 saturated carbocycles. The van der Waals surface area contributed by atoms with Gasteiger partial charge in [-0.15, -0.1) is 0 Å². The molecular formula is C9H17NO2S. The van der Waals surface area contributed by atoms with Gasteiger partial charge in [0, 0.05) is 29.4 Å². The SMILES string of the molecule is COCCS(=O)CCC(C)(C)C#N. The fourth-order valence-corrected chi connectivity index (χ4v) is 2.00. The van der Waals surface area contributed by atoms with E-state index in [0.717, 1.165) is 0 Å². The zero-order valence-corrected chi connectivity index (χ0v) is 9.32. The lowest BCUT2D eigenvalue weighted by atomic mass is 9.93. The van der Waals surface area contributed by atoms with E-state index in [0.29, 0.717) is 24.5 Å². The standard InChI is InChI=1S/C9H17NO2S/c1-9(2,8-10)4-6-13(11)7-5-12-3/h4-7H2,1-3H3. The third-order valence-electron chi connectivity index (χ3n) is 1.77. The second-order valence-corrected chi connectivity index (χ2v) is 5.28. The molecular weight excluding hydrogens is 186 g/mol. The number of nitriles is 1. The van der Waals surface area contributed by atoms with E-state index >= 15 is 0 Å². The summed E-state index contributed by atoms with van der Waals surface area (Å²) in [6.45, 7) is 4.25. The van der Waals surface area contributed by atoms with E-state index in [1.807, 2.05) is 13.8 Å². The van der Waals surface area contributed by atoms with E-state index in [9.17, 15) is 4.21 Å². The van der Waals surface area contributed by atoms with E-state index in [4.69, 9.17) is 10.00 Å². The third-order valence-corrected chi connectivity index (χ3v) is 3.05. The molecule has 13 heavy (non-hydrogen) atoms. The van der Waals surface area contributed by atoms with Crippen LogP contribution in [0, 0.1) is 16.7 Å². The number of ether oxygens (including phenoxy) is 1. The van der Waals surface area contributed by atoms with Gasteiger partial charge in [-0.05, 0) is 20.3 Å². The normalized spacial score (nSPS) is 13.7. The van der Waals surface area contributed by atoms with Crippen molar-refractivity contribution in [2.24, 2.45) is 5.41 Å². The molecule has 0 spiro atoms. The highest BCUT2D eigenvalue weighted by molar-refractivity contribution is 7.84. The molecule has 0 saturated heterocycles. The molecule has 0 N–H and O–H groups in total. The summed E-state index contributed by atoms with van der Waals surface area (Å²) in [5.74, 6) is 1.15. The molecule has 0 aromatic heterocycles. The van der Waals surface area contributed by atoms with Crippen molar-refractivity contribution >= 4 is 10.8 Å². The van der Waals surface area contributed by atoms with Gasteiger partial charge in [0.1, 0.15) is 0 Å². The van der Waals surface area contributed by atoms with Crippen molar-refractivity contribution in [2.45, 2.75) is 20.3 Å². The minimum absolute atomic E-state index is 0.358. The Balaban J connectivity index is 3.65. The number of hydrogen-bond acceptors (Lipinski definition) is 3. The van der Waals surface area contributed by atoms with Crippen LogP contribution in [-0.2, 0) is 15.5 Å². The van der Waals surface area contributed by atoms with E-state index in [-0.39, 0.29) is 5.41 Å². The second kappa shape index (κ2) is 6.11. The maximum atomic E-state index is 11.3. The molecule has 0 rings (SSSR count). The monoisotopic (exact) mass is 203 g/mol. The van der Waals surface area contributed by atoms with Crippen LogP contribution in [0.4, 0.5) is 0 Å². The van der Waals surface area contributed by atoms with Gasteiger partial charge in [-0.1, -0.05) is 0 Å². The molecule has 76 valence electrons. The maximum Gasteiger partial charge on any atom is 0.0684 e. The first-order chi connectivity index (χ1) is 6.02. The third kappa shape index (κ3) is 6.73. The molecule has 0 amide bonds. The molecule has 0 aliphatic rings. The average molecular weight is 203 g/mol. The molecule has 0 heterocycles. The first-order valence-electron chi connectivity index (χ1n) is 4.27. The van der Waals surface area contributed by atoms with Crippen molar-refractivity contribution in [3.05, 3.63) is 0 Å². The summed E-state index contributed by atoms with van der Waals surface area (Å²) < 4.78 is 16.1. The van der Waals surface area contributed by atoms with Gasteiger partial charge in [0.2, 0.25) is 0 Å².